The van der Waals surface area contributed by atoms with E-state index in [1.807, 2.05) is 0 Å². The summed E-state index contributed by atoms with van der Waals surface area (Å²) in [7, 11) is 0. The number of hydrazine groups is 2. The molecule has 0 aliphatic rings. The highest BCUT2D eigenvalue weighted by atomic mass is 32.1. The Hall–Kier alpha value is 0.400. The van der Waals surface area contributed by atoms with E-state index in [2.05, 4.69) is 66.1 Å². The Morgan fingerprint density at radius 1 is 1.00 bits per heavy atom. The quantitative estimate of drug-likeness (QED) is 0.225. The van der Waals surface area contributed by atoms with Gasteiger partial charge >= 0.3 is 0 Å². The van der Waals surface area contributed by atoms with Crippen LogP contribution in [0, 0.1) is 0 Å². The highest BCUT2D eigenvalue weighted by molar-refractivity contribution is 8.11. The van der Waals surface area contributed by atoms with Crippen molar-refractivity contribution < 1.29 is 0 Å². The maximum absolute atomic E-state index is 4.53. The fourth-order valence-corrected chi connectivity index (χ4v) is 0.352. The zero-order valence-corrected chi connectivity index (χ0v) is 8.34. The first-order valence-corrected chi connectivity index (χ1v) is 3.57. The van der Waals surface area contributed by atoms with E-state index in [4.69, 9.17) is 0 Å². The molecule has 0 aromatic carbocycles. The minimum Gasteiger partial charge on any atom is -0.344 e. The molecule has 10 heavy (non-hydrogen) atoms. The first-order chi connectivity index (χ1) is 4.13. The van der Waals surface area contributed by atoms with Crippen LogP contribution in [-0.2, 0) is 0 Å². The minimum atomic E-state index is 0. The van der Waals surface area contributed by atoms with Gasteiger partial charge in [-0.2, -0.15) is 0 Å². The van der Waals surface area contributed by atoms with Crippen LogP contribution in [-0.4, -0.2) is 8.64 Å². The number of hydrogen-bond acceptors (Lipinski definition) is 4. The van der Waals surface area contributed by atoms with Gasteiger partial charge in [0.2, 0.25) is 0 Å². The van der Waals surface area contributed by atoms with Gasteiger partial charge in [0.25, 0.3) is 0 Å². The summed E-state index contributed by atoms with van der Waals surface area (Å²) >= 11 is 16.6. The molecule has 0 aliphatic carbocycles. The topological polar surface area (TPSA) is 71.1 Å². The molecule has 6 N–H and O–H groups in total. The fourth-order valence-electron chi connectivity index (χ4n) is 0.138. The van der Waals surface area contributed by atoms with Crippen molar-refractivity contribution in [3.05, 3.63) is 0 Å². The first-order valence-electron chi connectivity index (χ1n) is 1.86. The molecule has 0 amide bonds. The first kappa shape index (κ1) is 13.0. The summed E-state index contributed by atoms with van der Waals surface area (Å²) in [6.45, 7) is 0. The Bertz CT molecular complexity index is 110. The van der Waals surface area contributed by atoms with Gasteiger partial charge in [0.15, 0.2) is 0 Å². The average molecular weight is 216 g/mol. The second-order valence-electron chi connectivity index (χ2n) is 0.985. The van der Waals surface area contributed by atoms with Gasteiger partial charge in [-0.15, -0.1) is 30.8 Å². The average Bonchev–Trinajstić information content (AvgIpc) is 1.63. The van der Waals surface area contributed by atoms with Crippen LogP contribution in [0.25, 0.3) is 0 Å². The van der Waals surface area contributed by atoms with Gasteiger partial charge in [0.1, 0.15) is 8.64 Å². The third kappa shape index (κ3) is 11.2. The summed E-state index contributed by atoms with van der Waals surface area (Å²) in [5.41, 5.74) is 7.40. The van der Waals surface area contributed by atoms with Crippen molar-refractivity contribution >= 4 is 58.3 Å². The van der Waals surface area contributed by atoms with Gasteiger partial charge in [-0.05, 0) is 0 Å². The van der Waals surface area contributed by atoms with Crippen molar-refractivity contribution in [2.75, 3.05) is 0 Å². The molecule has 0 spiro atoms. The fraction of sp³-hybridized carbons (Fsp3) is 0. The molecule has 0 saturated carbocycles. The van der Waals surface area contributed by atoms with Gasteiger partial charge in [0.05, 0.1) is 0 Å². The summed E-state index contributed by atoms with van der Waals surface area (Å²) in [4.78, 5) is 0. The lowest BCUT2D eigenvalue weighted by molar-refractivity contribution is 0.634. The maximum atomic E-state index is 4.53. The molecule has 0 heterocycles. The highest BCUT2D eigenvalue weighted by Crippen LogP contribution is 1.73. The smallest absolute Gasteiger partial charge is 0.146 e. The number of thiocarbonyl (C=S) groups is 2. The molecule has 8 heteroatoms. The van der Waals surface area contributed by atoms with Crippen molar-refractivity contribution in [2.24, 2.45) is 0 Å². The zero-order valence-electron chi connectivity index (χ0n) is 4.92. The van der Waals surface area contributed by atoms with E-state index in [1.165, 1.54) is 0 Å². The Kier molecular flexibility index (Phi) is 9.78. The molecule has 0 atom stereocenters. The second-order valence-corrected chi connectivity index (χ2v) is 3.30. The number of rotatable bonds is 2. The standard InChI is InChI=1S/C2H5N3S4.H3N/c6-1(7)3-5-4-2(8)9;/h5H,(H2,3,6,7)(H2,4,8,9);1H3. The van der Waals surface area contributed by atoms with Crippen LogP contribution in [0.1, 0.15) is 0 Å². The van der Waals surface area contributed by atoms with E-state index in [-0.39, 0.29) is 6.15 Å². The van der Waals surface area contributed by atoms with Gasteiger partial charge in [-0.3, -0.25) is 10.9 Å². The van der Waals surface area contributed by atoms with Crippen molar-refractivity contribution in [1.29, 1.82) is 0 Å². The van der Waals surface area contributed by atoms with Crippen LogP contribution in [0.2, 0.25) is 0 Å². The van der Waals surface area contributed by atoms with Crippen LogP contribution < -0.4 is 22.5 Å². The Balaban J connectivity index is 0. The summed E-state index contributed by atoms with van der Waals surface area (Å²) in [5, 5.41) is 0. The van der Waals surface area contributed by atoms with Crippen LogP contribution >= 0.6 is 49.7 Å². The van der Waals surface area contributed by atoms with Crippen molar-refractivity contribution in [3.63, 3.8) is 0 Å². The summed E-state index contributed by atoms with van der Waals surface area (Å²) in [6.07, 6.45) is 0. The molecule has 0 aromatic rings. The third-order valence-corrected chi connectivity index (χ3v) is 0.767. The Morgan fingerprint density at radius 3 is 1.50 bits per heavy atom. The van der Waals surface area contributed by atoms with Crippen LogP contribution in [0.4, 0.5) is 0 Å². The van der Waals surface area contributed by atoms with E-state index >= 15 is 0 Å². The molecule has 0 aromatic heterocycles. The van der Waals surface area contributed by atoms with Crippen LogP contribution in [0.5, 0.6) is 0 Å². The van der Waals surface area contributed by atoms with Crippen LogP contribution in [0.3, 0.4) is 0 Å². The lowest BCUT2D eigenvalue weighted by Gasteiger charge is -2.04. The molecule has 60 valence electrons. The predicted molar refractivity (Wildman–Crippen MR) is 57.6 cm³/mol. The number of thiol groups is 2. The monoisotopic (exact) mass is 216 g/mol. The molecule has 0 aliphatic heterocycles. The van der Waals surface area contributed by atoms with E-state index in [0.29, 0.717) is 8.64 Å². The predicted octanol–water partition coefficient (Wildman–Crippen LogP) is 0.177. The van der Waals surface area contributed by atoms with Crippen molar-refractivity contribution in [1.82, 2.24) is 22.5 Å². The largest absolute Gasteiger partial charge is 0.344 e. The summed E-state index contributed by atoms with van der Waals surface area (Å²) in [5.74, 6) is 0. The summed E-state index contributed by atoms with van der Waals surface area (Å²) in [6, 6.07) is 0. The van der Waals surface area contributed by atoms with Gasteiger partial charge in [0, 0.05) is 0 Å². The Morgan fingerprint density at radius 2 is 1.30 bits per heavy atom. The highest BCUT2D eigenvalue weighted by Gasteiger charge is 1.83. The summed E-state index contributed by atoms with van der Waals surface area (Å²) < 4.78 is 0.652. The molecule has 0 fully saturated rings. The Labute approximate surface area is 80.9 Å². The maximum Gasteiger partial charge on any atom is 0.146 e. The van der Waals surface area contributed by atoms with E-state index in [9.17, 15) is 0 Å². The van der Waals surface area contributed by atoms with Crippen molar-refractivity contribution in [2.45, 2.75) is 0 Å². The van der Waals surface area contributed by atoms with Crippen molar-refractivity contribution in [3.8, 4) is 0 Å². The van der Waals surface area contributed by atoms with E-state index in [0.717, 1.165) is 0 Å². The minimum absolute atomic E-state index is 0. The molecule has 0 rings (SSSR count). The molecule has 0 radical (unpaired) electrons. The SMILES string of the molecule is N.S=C(S)NNNC(=S)S. The van der Waals surface area contributed by atoms with Gasteiger partial charge in [-0.25, -0.2) is 0 Å². The third-order valence-electron chi connectivity index (χ3n) is 0.339. The van der Waals surface area contributed by atoms with Gasteiger partial charge in [-0.1, -0.05) is 24.4 Å². The molecule has 0 unspecified atom stereocenters. The zero-order chi connectivity index (χ0) is 7.28. The molecule has 0 bridgehead atoms. The lowest BCUT2D eigenvalue weighted by atomic mass is 11.4. The lowest BCUT2D eigenvalue weighted by Crippen LogP contribution is -2.45. The van der Waals surface area contributed by atoms with Crippen LogP contribution in [0.15, 0.2) is 0 Å². The second kappa shape index (κ2) is 7.51. The van der Waals surface area contributed by atoms with Gasteiger partial charge < -0.3 is 6.15 Å². The molecule has 4 nitrogen and oxygen atoms in total. The van der Waals surface area contributed by atoms with E-state index in [1.54, 1.807) is 0 Å². The molecular weight excluding hydrogens is 208 g/mol. The number of nitrogens with one attached hydrogen (secondary N) is 3. The normalized spacial score (nSPS) is 7.40. The van der Waals surface area contributed by atoms with E-state index < -0.39 is 0 Å². The molecular formula is C2H8N4S4. The molecule has 0 saturated heterocycles. The number of hydrogen-bond donors (Lipinski definition) is 6.